The molecule has 2 aromatic rings. The Bertz CT molecular complexity index is 586. The lowest BCUT2D eigenvalue weighted by molar-refractivity contribution is -0.138. The molecule has 2 amide bonds. The lowest BCUT2D eigenvalue weighted by Gasteiger charge is -2.15. The highest BCUT2D eigenvalue weighted by atomic mass is 33.1. The Kier molecular flexibility index (Phi) is 6.90. The fourth-order valence-electron chi connectivity index (χ4n) is 1.11. The number of pyridine rings is 2. The van der Waals surface area contributed by atoms with Crippen LogP contribution in [0.4, 0.5) is 0 Å². The summed E-state index contributed by atoms with van der Waals surface area (Å²) in [5.41, 5.74) is 5.07. The molecular weight excluding hydrogens is 360 g/mol. The van der Waals surface area contributed by atoms with E-state index in [0.717, 1.165) is 32.0 Å². The van der Waals surface area contributed by atoms with Crippen molar-refractivity contribution in [1.29, 1.82) is 0 Å². The maximum atomic E-state index is 11.8. The van der Waals surface area contributed by atoms with Gasteiger partial charge in [0.15, 0.2) is 0 Å². The van der Waals surface area contributed by atoms with Gasteiger partial charge in [0.1, 0.15) is 10.1 Å². The molecule has 0 atom stereocenters. The average molecular weight is 371 g/mol. The van der Waals surface area contributed by atoms with Crippen LogP contribution in [0, 0.1) is 0 Å². The zero-order chi connectivity index (χ0) is 15.8. The van der Waals surface area contributed by atoms with Gasteiger partial charge in [0.05, 0.1) is 0 Å². The van der Waals surface area contributed by atoms with Crippen molar-refractivity contribution in [3.8, 4) is 0 Å². The molecule has 0 bridgehead atoms. The molecule has 0 fully saturated rings. The van der Waals surface area contributed by atoms with Crippen LogP contribution < -0.4 is 5.73 Å². The number of aromatic nitrogens is 2. The summed E-state index contributed by atoms with van der Waals surface area (Å²) in [6.45, 7) is 0. The lowest BCUT2D eigenvalue weighted by atomic mass is 10.5. The van der Waals surface area contributed by atoms with E-state index in [1.54, 1.807) is 36.7 Å². The van der Waals surface area contributed by atoms with Crippen LogP contribution in [-0.2, 0) is 9.59 Å². The molecule has 114 valence electrons. The van der Waals surface area contributed by atoms with E-state index in [2.05, 4.69) is 9.97 Å². The van der Waals surface area contributed by atoms with Crippen LogP contribution in [-0.4, -0.2) is 25.5 Å². The minimum Gasteiger partial charge on any atom is -0.361 e. The van der Waals surface area contributed by atoms with E-state index in [9.17, 15) is 9.59 Å². The van der Waals surface area contributed by atoms with E-state index in [0.29, 0.717) is 0 Å². The molecule has 2 N–H and O–H groups in total. The first-order chi connectivity index (χ1) is 10.7. The fraction of sp³-hybridized carbons (Fsp3) is 0. The highest BCUT2D eigenvalue weighted by Crippen LogP contribution is 2.43. The molecule has 22 heavy (non-hydrogen) atoms. The monoisotopic (exact) mass is 370 g/mol. The average Bonchev–Trinajstić information content (AvgIpc) is 2.56. The van der Waals surface area contributed by atoms with Crippen LogP contribution >= 0.6 is 43.5 Å². The summed E-state index contributed by atoms with van der Waals surface area (Å²) in [5.74, 6) is -1.80. The molecule has 2 rings (SSSR count). The molecule has 0 radical (unpaired) electrons. The van der Waals surface area contributed by atoms with E-state index in [-0.39, 0.29) is 0 Å². The second-order valence-corrected chi connectivity index (χ2v) is 7.90. The number of rotatable bonds is 6. The smallest absolute Gasteiger partial charge is 0.333 e. The molecular formula is C12H10N4O2S4. The van der Waals surface area contributed by atoms with Crippen molar-refractivity contribution < 1.29 is 9.59 Å². The third-order valence-electron chi connectivity index (χ3n) is 2.03. The quantitative estimate of drug-likeness (QED) is 0.472. The van der Waals surface area contributed by atoms with Crippen LogP contribution in [0.25, 0.3) is 0 Å². The third-order valence-corrected chi connectivity index (χ3v) is 6.99. The third kappa shape index (κ3) is 5.44. The van der Waals surface area contributed by atoms with E-state index in [1.807, 2.05) is 12.1 Å². The molecule has 0 aliphatic carbocycles. The number of hydrogen-bond acceptors (Lipinski definition) is 8. The summed E-state index contributed by atoms with van der Waals surface area (Å²) in [6.07, 6.45) is 3.30. The topological polar surface area (TPSA) is 89.2 Å². The lowest BCUT2D eigenvalue weighted by Crippen LogP contribution is -2.31. The van der Waals surface area contributed by atoms with E-state index in [1.165, 1.54) is 25.3 Å². The Morgan fingerprint density at radius 3 is 1.77 bits per heavy atom. The molecule has 2 aromatic heterocycles. The molecule has 10 heteroatoms. The highest BCUT2D eigenvalue weighted by Gasteiger charge is 2.22. The molecule has 0 unspecified atom stereocenters. The summed E-state index contributed by atoms with van der Waals surface area (Å²) in [5, 5.41) is 1.44. The number of carbonyl (C=O) groups is 2. The second kappa shape index (κ2) is 8.93. The van der Waals surface area contributed by atoms with Crippen LogP contribution in [0.3, 0.4) is 0 Å². The van der Waals surface area contributed by atoms with Gasteiger partial charge >= 0.3 is 11.8 Å². The van der Waals surface area contributed by atoms with Crippen molar-refractivity contribution in [3.63, 3.8) is 0 Å². The summed E-state index contributed by atoms with van der Waals surface area (Å²) in [4.78, 5) is 31.2. The SMILES string of the molecule is NC(=O)C(=O)N(SSc1ccccn1)SSc1ccccn1. The normalized spacial score (nSPS) is 10.2. The number of primary amides is 1. The Balaban J connectivity index is 1.96. The fourth-order valence-corrected chi connectivity index (χ4v) is 5.59. The molecule has 2 heterocycles. The van der Waals surface area contributed by atoms with Crippen LogP contribution in [0.2, 0.25) is 0 Å². The van der Waals surface area contributed by atoms with Crippen LogP contribution in [0.1, 0.15) is 0 Å². The first-order valence-electron chi connectivity index (χ1n) is 5.82. The van der Waals surface area contributed by atoms with Gasteiger partial charge in [-0.2, -0.15) is 3.71 Å². The Labute approximate surface area is 143 Å². The largest absolute Gasteiger partial charge is 0.361 e. The van der Waals surface area contributed by atoms with Crippen molar-refractivity contribution >= 4 is 55.4 Å². The molecule has 0 saturated heterocycles. The molecule has 6 nitrogen and oxygen atoms in total. The summed E-state index contributed by atoms with van der Waals surface area (Å²) in [6, 6.07) is 10.9. The van der Waals surface area contributed by atoms with Gasteiger partial charge in [0, 0.05) is 34.4 Å². The van der Waals surface area contributed by atoms with Crippen molar-refractivity contribution in [2.75, 3.05) is 0 Å². The van der Waals surface area contributed by atoms with Gasteiger partial charge in [-0.05, 0) is 45.9 Å². The minimum atomic E-state index is -1.01. The van der Waals surface area contributed by atoms with Gasteiger partial charge in [-0.3, -0.25) is 9.59 Å². The first-order valence-corrected chi connectivity index (χ1v) is 10.0. The standard InChI is InChI=1S/C12H10N4O2S4/c13-11(17)12(18)16(21-19-9-5-1-3-7-14-9)22-20-10-6-2-4-8-15-10/h1-8H,(H2,13,17). The second-order valence-electron chi connectivity index (χ2n) is 3.58. The predicted molar refractivity (Wildman–Crippen MR) is 91.4 cm³/mol. The Morgan fingerprint density at radius 2 is 1.41 bits per heavy atom. The summed E-state index contributed by atoms with van der Waals surface area (Å²) in [7, 11) is 4.68. The summed E-state index contributed by atoms with van der Waals surface area (Å²) < 4.78 is 1.21. The van der Waals surface area contributed by atoms with Gasteiger partial charge in [0.2, 0.25) is 0 Å². The number of hydrogen-bond donors (Lipinski definition) is 1. The predicted octanol–water partition coefficient (Wildman–Crippen LogP) is 2.80. The van der Waals surface area contributed by atoms with Crippen molar-refractivity contribution in [2.24, 2.45) is 5.73 Å². The van der Waals surface area contributed by atoms with Gasteiger partial charge in [-0.25, -0.2) is 9.97 Å². The molecule has 0 aliphatic heterocycles. The van der Waals surface area contributed by atoms with E-state index < -0.39 is 11.8 Å². The van der Waals surface area contributed by atoms with Gasteiger partial charge in [-0.1, -0.05) is 12.1 Å². The zero-order valence-corrected chi connectivity index (χ0v) is 14.3. The summed E-state index contributed by atoms with van der Waals surface area (Å²) >= 11 is 0. The molecule has 0 spiro atoms. The minimum absolute atomic E-state index is 0.721. The Hall–Kier alpha value is -1.36. The van der Waals surface area contributed by atoms with Gasteiger partial charge in [-0.15, -0.1) is 0 Å². The van der Waals surface area contributed by atoms with Crippen LogP contribution in [0.5, 0.6) is 0 Å². The number of nitrogens with two attached hydrogens (primary N) is 1. The molecule has 0 saturated carbocycles. The maximum Gasteiger partial charge on any atom is 0.333 e. The number of carbonyl (C=O) groups excluding carboxylic acids is 2. The zero-order valence-electron chi connectivity index (χ0n) is 11.0. The maximum absolute atomic E-state index is 11.8. The van der Waals surface area contributed by atoms with Crippen LogP contribution in [0.15, 0.2) is 58.8 Å². The van der Waals surface area contributed by atoms with Crippen molar-refractivity contribution in [2.45, 2.75) is 10.1 Å². The van der Waals surface area contributed by atoms with Gasteiger partial charge in [0.25, 0.3) is 0 Å². The highest BCUT2D eigenvalue weighted by molar-refractivity contribution is 8.83. The first kappa shape index (κ1) is 17.0. The molecule has 0 aromatic carbocycles. The molecule has 0 aliphatic rings. The Morgan fingerprint density at radius 1 is 0.909 bits per heavy atom. The number of nitrogens with zero attached hydrogens (tertiary/aromatic N) is 3. The van der Waals surface area contributed by atoms with E-state index >= 15 is 0 Å². The van der Waals surface area contributed by atoms with Crippen molar-refractivity contribution in [3.05, 3.63) is 48.8 Å². The van der Waals surface area contributed by atoms with E-state index in [4.69, 9.17) is 5.73 Å². The van der Waals surface area contributed by atoms with Gasteiger partial charge < -0.3 is 5.73 Å². The van der Waals surface area contributed by atoms with Crippen molar-refractivity contribution in [1.82, 2.24) is 13.7 Å². The number of amides is 2.